The highest BCUT2D eigenvalue weighted by atomic mass is 35.5. The van der Waals surface area contributed by atoms with Gasteiger partial charge in [0.05, 0.1) is 23.5 Å². The molecule has 15 heteroatoms. The van der Waals surface area contributed by atoms with Gasteiger partial charge in [-0.3, -0.25) is 9.69 Å². The third kappa shape index (κ3) is 9.79. The quantitative estimate of drug-likeness (QED) is 0.226. The molecule has 218 valence electrons. The molecule has 5 N–H and O–H groups in total. The van der Waals surface area contributed by atoms with Crippen molar-refractivity contribution in [2.45, 2.75) is 13.8 Å². The number of anilines is 4. The summed E-state index contributed by atoms with van der Waals surface area (Å²) in [5, 5.41) is 31.9. The average molecular weight is 604 g/mol. The molecule has 1 aliphatic heterocycles. The largest absolute Gasteiger partial charge is 0.478 e. The van der Waals surface area contributed by atoms with Crippen LogP contribution in [-0.2, 0) is 9.59 Å². The summed E-state index contributed by atoms with van der Waals surface area (Å²) < 4.78 is 0. The SMILES string of the molecule is Cc1nc(Nc2ncc(C(=O)Nc3c(C)cccc3Cl)s2)cc(N2CCN(CCO)CC2)n1.O=C(O)/C=C\C(=O)O. The second kappa shape index (κ2) is 15.0. The van der Waals surface area contributed by atoms with Gasteiger partial charge in [0, 0.05) is 50.9 Å². The fourth-order valence-corrected chi connectivity index (χ4v) is 4.76. The van der Waals surface area contributed by atoms with Crippen LogP contribution in [0.2, 0.25) is 5.02 Å². The summed E-state index contributed by atoms with van der Waals surface area (Å²) in [7, 11) is 0. The number of amides is 1. The molecule has 0 spiro atoms. The van der Waals surface area contributed by atoms with E-state index >= 15 is 0 Å². The van der Waals surface area contributed by atoms with Crippen molar-refractivity contribution in [3.05, 3.63) is 63.9 Å². The number of halogens is 1. The Morgan fingerprint density at radius 3 is 2.37 bits per heavy atom. The zero-order valence-corrected chi connectivity index (χ0v) is 23.9. The standard InChI is InChI=1S/C22H26ClN7O2S.C4H4O4/c1-14-4-3-5-16(23)20(14)28-21(32)17-13-24-22(33-17)27-18-12-19(26-15(2)25-18)30-8-6-29(7-9-30)10-11-31;5-3(6)1-2-4(7)8/h3-5,12-13,31H,6-11H2,1-2H3,(H,28,32)(H,24,25,26,27);1-2H,(H,5,6)(H,7,8)/b;2-1-. The Morgan fingerprint density at radius 2 is 1.76 bits per heavy atom. The van der Waals surface area contributed by atoms with E-state index in [1.165, 1.54) is 17.5 Å². The van der Waals surface area contributed by atoms with Gasteiger partial charge in [-0.25, -0.2) is 24.5 Å². The molecule has 0 atom stereocenters. The number of hydrogen-bond acceptors (Lipinski definition) is 11. The van der Waals surface area contributed by atoms with Crippen molar-refractivity contribution in [2.24, 2.45) is 0 Å². The van der Waals surface area contributed by atoms with Gasteiger partial charge in [0.1, 0.15) is 22.3 Å². The van der Waals surface area contributed by atoms with Crippen molar-refractivity contribution in [3.63, 3.8) is 0 Å². The number of carboxylic acid groups (broad SMARTS) is 2. The first-order chi connectivity index (χ1) is 19.5. The van der Waals surface area contributed by atoms with Gasteiger partial charge >= 0.3 is 11.9 Å². The van der Waals surface area contributed by atoms with E-state index in [4.69, 9.17) is 26.9 Å². The maximum Gasteiger partial charge on any atom is 0.328 e. The van der Waals surface area contributed by atoms with Gasteiger partial charge < -0.3 is 30.9 Å². The normalized spacial score (nSPS) is 13.4. The number of carbonyl (C=O) groups is 3. The maximum atomic E-state index is 12.7. The minimum atomic E-state index is -1.26. The van der Waals surface area contributed by atoms with Crippen LogP contribution in [0.1, 0.15) is 21.1 Å². The summed E-state index contributed by atoms with van der Waals surface area (Å²) in [5.74, 6) is -0.663. The monoisotopic (exact) mass is 603 g/mol. The molecule has 41 heavy (non-hydrogen) atoms. The molecule has 0 aliphatic carbocycles. The number of hydrogen-bond donors (Lipinski definition) is 5. The lowest BCUT2D eigenvalue weighted by molar-refractivity contribution is -0.134. The van der Waals surface area contributed by atoms with E-state index in [0.717, 1.165) is 37.6 Å². The number of nitrogens with one attached hydrogen (secondary N) is 2. The molecule has 3 aromatic rings. The van der Waals surface area contributed by atoms with Gasteiger partial charge in [-0.15, -0.1) is 0 Å². The van der Waals surface area contributed by atoms with Gasteiger partial charge in [0.15, 0.2) is 5.13 Å². The Balaban J connectivity index is 0.000000507. The maximum absolute atomic E-state index is 12.7. The minimum Gasteiger partial charge on any atom is -0.478 e. The van der Waals surface area contributed by atoms with Crippen molar-refractivity contribution in [3.8, 4) is 0 Å². The number of aliphatic hydroxyl groups excluding tert-OH is 1. The smallest absolute Gasteiger partial charge is 0.328 e. The fraction of sp³-hybridized carbons (Fsp3) is 0.308. The molecular formula is C26H30ClN7O6S. The van der Waals surface area contributed by atoms with Crippen LogP contribution in [0.15, 0.2) is 42.6 Å². The number of para-hydroxylation sites is 1. The third-order valence-electron chi connectivity index (χ3n) is 5.73. The number of aliphatic carboxylic acids is 2. The Hall–Kier alpha value is -4.11. The topological polar surface area (TPSA) is 181 Å². The van der Waals surface area contributed by atoms with E-state index in [0.29, 0.717) is 51.1 Å². The molecule has 1 fully saturated rings. The Bertz CT molecular complexity index is 1370. The first kappa shape index (κ1) is 31.4. The number of aryl methyl sites for hydroxylation is 2. The zero-order valence-electron chi connectivity index (χ0n) is 22.4. The second-order valence-electron chi connectivity index (χ2n) is 8.76. The summed E-state index contributed by atoms with van der Waals surface area (Å²) in [6, 6.07) is 7.37. The Labute approximate surface area is 245 Å². The van der Waals surface area contributed by atoms with E-state index in [2.05, 4.69) is 35.4 Å². The molecule has 3 heterocycles. The molecule has 0 radical (unpaired) electrons. The lowest BCUT2D eigenvalue weighted by atomic mass is 10.2. The van der Waals surface area contributed by atoms with Gasteiger partial charge in [-0.2, -0.15) is 0 Å². The van der Waals surface area contributed by atoms with Gasteiger partial charge in [-0.05, 0) is 25.5 Å². The second-order valence-corrected chi connectivity index (χ2v) is 10.2. The predicted molar refractivity (Wildman–Crippen MR) is 156 cm³/mol. The van der Waals surface area contributed by atoms with E-state index in [1.807, 2.05) is 32.0 Å². The molecule has 4 rings (SSSR count). The molecular weight excluding hydrogens is 574 g/mol. The van der Waals surface area contributed by atoms with E-state index < -0.39 is 11.9 Å². The van der Waals surface area contributed by atoms with Gasteiger partial charge in [0.2, 0.25) is 0 Å². The molecule has 1 saturated heterocycles. The highest BCUT2D eigenvalue weighted by molar-refractivity contribution is 7.17. The fourth-order valence-electron chi connectivity index (χ4n) is 3.77. The number of benzene rings is 1. The third-order valence-corrected chi connectivity index (χ3v) is 6.96. The number of nitrogens with zero attached hydrogens (tertiary/aromatic N) is 5. The molecule has 0 bridgehead atoms. The lowest BCUT2D eigenvalue weighted by Crippen LogP contribution is -2.47. The first-order valence-electron chi connectivity index (χ1n) is 12.4. The van der Waals surface area contributed by atoms with Crippen LogP contribution in [0.4, 0.5) is 22.5 Å². The number of aromatic nitrogens is 3. The Morgan fingerprint density at radius 1 is 1.07 bits per heavy atom. The summed E-state index contributed by atoms with van der Waals surface area (Å²) in [6.45, 7) is 8.03. The van der Waals surface area contributed by atoms with Crippen molar-refractivity contribution in [2.75, 3.05) is 54.9 Å². The molecule has 1 amide bonds. The predicted octanol–water partition coefficient (Wildman–Crippen LogP) is 3.03. The lowest BCUT2D eigenvalue weighted by Gasteiger charge is -2.35. The first-order valence-corrected chi connectivity index (χ1v) is 13.6. The molecule has 1 aliphatic rings. The van der Waals surface area contributed by atoms with Gasteiger partial charge in [-0.1, -0.05) is 35.1 Å². The van der Waals surface area contributed by atoms with Gasteiger partial charge in [0.25, 0.3) is 5.91 Å². The highest BCUT2D eigenvalue weighted by Crippen LogP contribution is 2.28. The van der Waals surface area contributed by atoms with Crippen LogP contribution in [-0.4, -0.2) is 92.3 Å². The molecule has 0 saturated carbocycles. The minimum absolute atomic E-state index is 0.173. The number of rotatable bonds is 9. The number of carbonyl (C=O) groups excluding carboxylic acids is 1. The van der Waals surface area contributed by atoms with Crippen LogP contribution in [0, 0.1) is 13.8 Å². The number of piperazine rings is 1. The van der Waals surface area contributed by atoms with E-state index in [1.54, 1.807) is 6.07 Å². The van der Waals surface area contributed by atoms with Crippen molar-refractivity contribution in [1.82, 2.24) is 19.9 Å². The van der Waals surface area contributed by atoms with Crippen LogP contribution in [0.25, 0.3) is 0 Å². The van der Waals surface area contributed by atoms with E-state index in [-0.39, 0.29) is 12.5 Å². The van der Waals surface area contributed by atoms with Crippen LogP contribution >= 0.6 is 22.9 Å². The molecule has 0 unspecified atom stereocenters. The van der Waals surface area contributed by atoms with Crippen molar-refractivity contribution in [1.29, 1.82) is 0 Å². The number of carboxylic acids is 2. The molecule has 13 nitrogen and oxygen atoms in total. The van der Waals surface area contributed by atoms with Crippen LogP contribution < -0.4 is 15.5 Å². The summed E-state index contributed by atoms with van der Waals surface area (Å²) in [5.41, 5.74) is 1.49. The van der Waals surface area contributed by atoms with E-state index in [9.17, 15) is 14.4 Å². The number of β-amino-alcohol motifs (C(OH)–C–C–N with tert-alkyl or cyclic N) is 1. The van der Waals surface area contributed by atoms with Crippen molar-refractivity contribution < 1.29 is 29.7 Å². The Kier molecular flexibility index (Phi) is 11.5. The average Bonchev–Trinajstić information content (AvgIpc) is 3.39. The summed E-state index contributed by atoms with van der Waals surface area (Å²) in [4.78, 5) is 50.1. The van der Waals surface area contributed by atoms with Crippen molar-refractivity contribution >= 4 is 63.2 Å². The van der Waals surface area contributed by atoms with Crippen LogP contribution in [0.5, 0.6) is 0 Å². The number of thiazole rings is 1. The summed E-state index contributed by atoms with van der Waals surface area (Å²) >= 11 is 7.46. The summed E-state index contributed by atoms with van der Waals surface area (Å²) in [6.07, 6.45) is 2.65. The highest BCUT2D eigenvalue weighted by Gasteiger charge is 2.19. The molecule has 1 aromatic carbocycles. The molecule has 2 aromatic heterocycles. The number of aliphatic hydroxyl groups is 1. The van der Waals surface area contributed by atoms with Crippen LogP contribution in [0.3, 0.4) is 0 Å². The zero-order chi connectivity index (χ0) is 29.9.